The maximum absolute atomic E-state index is 11.4. The molecule has 0 aliphatic carbocycles. The number of alkyl carbamates (subject to hydrolysis) is 1. The number of amides is 1. The van der Waals surface area contributed by atoms with Gasteiger partial charge in [-0.05, 0) is 27.7 Å². The number of rotatable bonds is 3. The van der Waals surface area contributed by atoms with Gasteiger partial charge >= 0.3 is 11.8 Å². The Morgan fingerprint density at radius 2 is 2.17 bits per heavy atom. The highest BCUT2D eigenvalue weighted by Gasteiger charge is 2.16. The molecule has 0 aromatic carbocycles. The predicted octanol–water partition coefficient (Wildman–Crippen LogP) is 3.22. The molecule has 23 heavy (non-hydrogen) atoms. The van der Waals surface area contributed by atoms with Crippen LogP contribution in [0.15, 0.2) is 6.07 Å². The molecule has 0 atom stereocenters. The van der Waals surface area contributed by atoms with Crippen LogP contribution in [0.5, 0.6) is 0 Å². The summed E-state index contributed by atoms with van der Waals surface area (Å²) in [6, 6.07) is 1.29. The molecule has 1 N–H and O–H groups in total. The molecule has 0 bridgehead atoms. The van der Waals surface area contributed by atoms with Gasteiger partial charge in [-0.3, -0.25) is 10.1 Å². The van der Waals surface area contributed by atoms with E-state index in [-0.39, 0.29) is 10.8 Å². The Bertz CT molecular complexity index is 672. The molecule has 8 heteroatoms. The molecule has 1 amide bonds. The number of aryl methyl sites for hydroxylation is 1. The van der Waals surface area contributed by atoms with Crippen molar-refractivity contribution in [3.8, 4) is 11.8 Å². The number of hydrogen-bond acceptors (Lipinski definition) is 5. The Morgan fingerprint density at radius 1 is 1.52 bits per heavy atom. The van der Waals surface area contributed by atoms with Crippen LogP contribution in [0, 0.1) is 28.9 Å². The first-order valence-electron chi connectivity index (χ1n) is 6.87. The quantitative estimate of drug-likeness (QED) is 0.300. The highest BCUT2D eigenvalue weighted by Crippen LogP contribution is 2.24. The number of nitro groups is 1. The summed E-state index contributed by atoms with van der Waals surface area (Å²) in [4.78, 5) is 25.5. The van der Waals surface area contributed by atoms with Crippen molar-refractivity contribution in [1.29, 1.82) is 0 Å². The van der Waals surface area contributed by atoms with Crippen LogP contribution in [0.25, 0.3) is 0 Å². The molecule has 0 fully saturated rings. The lowest BCUT2D eigenvalue weighted by molar-refractivity contribution is -0.385. The summed E-state index contributed by atoms with van der Waals surface area (Å²) in [6.07, 6.45) is -0.144. The fourth-order valence-corrected chi connectivity index (χ4v) is 1.77. The molecule has 7 nitrogen and oxygen atoms in total. The Morgan fingerprint density at radius 3 is 2.74 bits per heavy atom. The van der Waals surface area contributed by atoms with Crippen molar-refractivity contribution in [1.82, 2.24) is 10.3 Å². The monoisotopic (exact) mass is 339 g/mol. The molecule has 0 spiro atoms. The zero-order valence-electron chi connectivity index (χ0n) is 13.4. The highest BCUT2D eigenvalue weighted by atomic mass is 35.5. The smallest absolute Gasteiger partial charge is 0.407 e. The van der Waals surface area contributed by atoms with E-state index in [0.717, 1.165) is 0 Å². The summed E-state index contributed by atoms with van der Waals surface area (Å²) in [5, 5.41) is 13.2. The SMILES string of the molecule is Cc1nc(Cl)c([N+](=O)[O-])cc1C#CCCNC(=O)OC(C)(C)C. The van der Waals surface area contributed by atoms with Gasteiger partial charge in [0.1, 0.15) is 5.60 Å². The average molecular weight is 340 g/mol. The third-order valence-electron chi connectivity index (χ3n) is 2.49. The van der Waals surface area contributed by atoms with Crippen LogP contribution >= 0.6 is 11.6 Å². The summed E-state index contributed by atoms with van der Waals surface area (Å²) in [5.74, 6) is 5.61. The lowest BCUT2D eigenvalue weighted by Crippen LogP contribution is -2.32. The molecular weight excluding hydrogens is 322 g/mol. The number of hydrogen-bond donors (Lipinski definition) is 1. The third kappa shape index (κ3) is 6.53. The number of ether oxygens (including phenoxy) is 1. The lowest BCUT2D eigenvalue weighted by atomic mass is 10.2. The average Bonchev–Trinajstić information content (AvgIpc) is 2.38. The van der Waals surface area contributed by atoms with Gasteiger partial charge in [-0.25, -0.2) is 9.78 Å². The molecular formula is C15H18ClN3O4. The first-order chi connectivity index (χ1) is 10.6. The Kier molecular flexibility index (Phi) is 6.34. The Hall–Kier alpha value is -2.33. The molecule has 0 radical (unpaired) electrons. The van der Waals surface area contributed by atoms with Crippen molar-refractivity contribution in [3.63, 3.8) is 0 Å². The number of aromatic nitrogens is 1. The van der Waals surface area contributed by atoms with E-state index in [1.165, 1.54) is 6.07 Å². The van der Waals surface area contributed by atoms with Gasteiger partial charge in [0.05, 0.1) is 16.2 Å². The van der Waals surface area contributed by atoms with Gasteiger partial charge in [-0.2, -0.15) is 0 Å². The maximum Gasteiger partial charge on any atom is 0.407 e. The van der Waals surface area contributed by atoms with E-state index in [1.54, 1.807) is 27.7 Å². The predicted molar refractivity (Wildman–Crippen MR) is 86.4 cm³/mol. The summed E-state index contributed by atoms with van der Waals surface area (Å²) in [7, 11) is 0. The highest BCUT2D eigenvalue weighted by molar-refractivity contribution is 6.31. The number of carbonyl (C=O) groups is 1. The van der Waals surface area contributed by atoms with E-state index in [2.05, 4.69) is 22.1 Å². The van der Waals surface area contributed by atoms with Crippen LogP contribution in [0.2, 0.25) is 5.15 Å². The standard InChI is InChI=1S/C15H18ClN3O4/c1-10-11(9-12(19(21)22)13(16)18-10)7-5-6-8-17-14(20)23-15(2,3)4/h9H,6,8H2,1-4H3,(H,17,20). The minimum Gasteiger partial charge on any atom is -0.444 e. The minimum absolute atomic E-state index is 0.162. The summed E-state index contributed by atoms with van der Waals surface area (Å²) in [5.41, 5.74) is 0.0980. The summed E-state index contributed by atoms with van der Waals surface area (Å²) < 4.78 is 5.08. The molecule has 1 aromatic rings. The van der Waals surface area contributed by atoms with E-state index in [4.69, 9.17) is 16.3 Å². The van der Waals surface area contributed by atoms with E-state index in [9.17, 15) is 14.9 Å². The van der Waals surface area contributed by atoms with Crippen molar-refractivity contribution >= 4 is 23.4 Å². The van der Waals surface area contributed by atoms with Gasteiger partial charge in [-0.15, -0.1) is 0 Å². The van der Waals surface area contributed by atoms with Crippen molar-refractivity contribution < 1.29 is 14.5 Å². The topological polar surface area (TPSA) is 94.4 Å². The van der Waals surface area contributed by atoms with Crippen molar-refractivity contribution in [2.75, 3.05) is 6.54 Å². The van der Waals surface area contributed by atoms with E-state index in [0.29, 0.717) is 24.2 Å². The van der Waals surface area contributed by atoms with Crippen molar-refractivity contribution in [2.24, 2.45) is 0 Å². The summed E-state index contributed by atoms with van der Waals surface area (Å²) in [6.45, 7) is 7.30. The normalized spacial score (nSPS) is 10.5. The number of carbonyl (C=O) groups excluding carboxylic acids is 1. The Balaban J connectivity index is 2.62. The van der Waals surface area contributed by atoms with Crippen LogP contribution in [-0.2, 0) is 4.74 Å². The zero-order valence-corrected chi connectivity index (χ0v) is 14.2. The largest absolute Gasteiger partial charge is 0.444 e. The third-order valence-corrected chi connectivity index (χ3v) is 2.76. The van der Waals surface area contributed by atoms with Gasteiger partial charge in [0, 0.05) is 19.0 Å². The zero-order chi connectivity index (χ0) is 17.6. The Labute approximate surface area is 139 Å². The fraction of sp³-hybridized carbons (Fsp3) is 0.467. The maximum atomic E-state index is 11.4. The molecule has 0 saturated carbocycles. The lowest BCUT2D eigenvalue weighted by Gasteiger charge is -2.19. The number of nitrogens with zero attached hydrogens (tertiary/aromatic N) is 2. The molecule has 0 unspecified atom stereocenters. The first-order valence-corrected chi connectivity index (χ1v) is 7.25. The second kappa shape index (κ2) is 7.79. The van der Waals surface area contributed by atoms with Crippen LogP contribution in [-0.4, -0.2) is 28.1 Å². The van der Waals surface area contributed by atoms with E-state index in [1.807, 2.05) is 0 Å². The molecule has 1 heterocycles. The van der Waals surface area contributed by atoms with Gasteiger partial charge in [0.15, 0.2) is 0 Å². The number of halogens is 1. The van der Waals surface area contributed by atoms with Crippen LogP contribution in [0.4, 0.5) is 10.5 Å². The fourth-order valence-electron chi connectivity index (χ4n) is 1.52. The molecule has 0 aliphatic heterocycles. The number of pyridine rings is 1. The van der Waals surface area contributed by atoms with Gasteiger partial charge in [0.25, 0.3) is 0 Å². The second-order valence-electron chi connectivity index (χ2n) is 5.67. The first kappa shape index (κ1) is 18.7. The van der Waals surface area contributed by atoms with Crippen LogP contribution in [0.3, 0.4) is 0 Å². The van der Waals surface area contributed by atoms with Gasteiger partial charge < -0.3 is 10.1 Å². The number of nitrogens with one attached hydrogen (secondary N) is 1. The van der Waals surface area contributed by atoms with Crippen molar-refractivity contribution in [2.45, 2.75) is 39.7 Å². The minimum atomic E-state index is -0.607. The van der Waals surface area contributed by atoms with E-state index < -0.39 is 16.6 Å². The molecule has 124 valence electrons. The van der Waals surface area contributed by atoms with E-state index >= 15 is 0 Å². The van der Waals surface area contributed by atoms with Crippen LogP contribution in [0.1, 0.15) is 38.4 Å². The molecule has 0 saturated heterocycles. The van der Waals surface area contributed by atoms with Crippen LogP contribution < -0.4 is 5.32 Å². The van der Waals surface area contributed by atoms with Crippen molar-refractivity contribution in [3.05, 3.63) is 32.6 Å². The molecule has 1 aromatic heterocycles. The van der Waals surface area contributed by atoms with Gasteiger partial charge in [-0.1, -0.05) is 23.4 Å². The second-order valence-corrected chi connectivity index (χ2v) is 6.03. The van der Waals surface area contributed by atoms with Gasteiger partial charge in [0.2, 0.25) is 5.15 Å². The molecule has 0 aliphatic rings. The summed E-state index contributed by atoms with van der Waals surface area (Å²) >= 11 is 5.71. The molecule has 1 rings (SSSR count).